The lowest BCUT2D eigenvalue weighted by atomic mass is 10.1. The summed E-state index contributed by atoms with van der Waals surface area (Å²) in [6.45, 7) is 0.967. The standard InChI is InChI=1S/C11H12N4/c12-9-11-6-4-10(5-7-11)3-1-2-8-14-15-13/h4-7H,2,8-9,12H2. The quantitative estimate of drug-likeness (QED) is 0.262. The summed E-state index contributed by atoms with van der Waals surface area (Å²) in [5, 5.41) is 3.39. The molecule has 0 saturated heterocycles. The second kappa shape index (κ2) is 6.50. The van der Waals surface area contributed by atoms with E-state index in [1.54, 1.807) is 0 Å². The normalized spacial score (nSPS) is 8.60. The third-order valence-electron chi connectivity index (χ3n) is 1.82. The molecule has 0 radical (unpaired) electrons. The molecule has 15 heavy (non-hydrogen) atoms. The van der Waals surface area contributed by atoms with E-state index in [1.807, 2.05) is 24.3 Å². The number of nitrogens with two attached hydrogens (primary N) is 1. The second-order valence-corrected chi connectivity index (χ2v) is 2.91. The molecule has 4 nitrogen and oxygen atoms in total. The van der Waals surface area contributed by atoms with Gasteiger partial charge < -0.3 is 5.73 Å². The summed E-state index contributed by atoms with van der Waals surface area (Å²) in [5.74, 6) is 5.91. The van der Waals surface area contributed by atoms with E-state index in [-0.39, 0.29) is 0 Å². The van der Waals surface area contributed by atoms with Gasteiger partial charge in [0.2, 0.25) is 0 Å². The van der Waals surface area contributed by atoms with Gasteiger partial charge in [0.15, 0.2) is 0 Å². The van der Waals surface area contributed by atoms with Crippen LogP contribution in [0.15, 0.2) is 29.4 Å². The van der Waals surface area contributed by atoms with Gasteiger partial charge in [-0.05, 0) is 23.2 Å². The number of hydrogen-bond donors (Lipinski definition) is 1. The number of rotatable bonds is 3. The van der Waals surface area contributed by atoms with Crippen molar-refractivity contribution in [2.24, 2.45) is 10.8 Å². The van der Waals surface area contributed by atoms with Gasteiger partial charge in [-0.15, -0.1) is 0 Å². The zero-order valence-electron chi connectivity index (χ0n) is 8.35. The summed E-state index contributed by atoms with van der Waals surface area (Å²) in [5.41, 5.74) is 15.6. The summed E-state index contributed by atoms with van der Waals surface area (Å²) in [7, 11) is 0. The van der Waals surface area contributed by atoms with Gasteiger partial charge in [-0.25, -0.2) is 0 Å². The van der Waals surface area contributed by atoms with E-state index in [2.05, 4.69) is 21.9 Å². The summed E-state index contributed by atoms with van der Waals surface area (Å²) < 4.78 is 0. The Kier molecular flexibility index (Phi) is 4.82. The molecule has 2 N–H and O–H groups in total. The van der Waals surface area contributed by atoms with Gasteiger partial charge in [0, 0.05) is 30.0 Å². The van der Waals surface area contributed by atoms with E-state index >= 15 is 0 Å². The lowest BCUT2D eigenvalue weighted by molar-refractivity contribution is 1.01. The molecule has 0 amide bonds. The fraction of sp³-hybridized carbons (Fsp3) is 0.273. The first-order valence-corrected chi connectivity index (χ1v) is 4.65. The predicted molar refractivity (Wildman–Crippen MR) is 59.8 cm³/mol. The van der Waals surface area contributed by atoms with Gasteiger partial charge in [0.1, 0.15) is 0 Å². The maximum absolute atomic E-state index is 8.04. The van der Waals surface area contributed by atoms with Crippen LogP contribution in [-0.2, 0) is 6.54 Å². The minimum Gasteiger partial charge on any atom is -0.326 e. The first-order chi connectivity index (χ1) is 7.36. The van der Waals surface area contributed by atoms with Crippen molar-refractivity contribution >= 4 is 0 Å². The smallest absolute Gasteiger partial charge is 0.0367 e. The van der Waals surface area contributed by atoms with Gasteiger partial charge in [-0.1, -0.05) is 29.1 Å². The molecule has 1 aromatic rings. The predicted octanol–water partition coefficient (Wildman–Crippen LogP) is 2.20. The molecule has 0 aliphatic rings. The van der Waals surface area contributed by atoms with Crippen LogP contribution in [0.5, 0.6) is 0 Å². The summed E-state index contributed by atoms with van der Waals surface area (Å²) in [6.07, 6.45) is 0.586. The van der Waals surface area contributed by atoms with Crippen LogP contribution in [0.4, 0.5) is 0 Å². The van der Waals surface area contributed by atoms with Gasteiger partial charge in [0.25, 0.3) is 0 Å². The van der Waals surface area contributed by atoms with Crippen LogP contribution in [-0.4, -0.2) is 6.54 Å². The van der Waals surface area contributed by atoms with Crippen molar-refractivity contribution in [3.63, 3.8) is 0 Å². The zero-order valence-corrected chi connectivity index (χ0v) is 8.35. The highest BCUT2D eigenvalue weighted by Gasteiger charge is 1.88. The van der Waals surface area contributed by atoms with Gasteiger partial charge in [-0.3, -0.25) is 0 Å². The Hall–Kier alpha value is -1.95. The van der Waals surface area contributed by atoms with Crippen LogP contribution in [0.3, 0.4) is 0 Å². The molecule has 0 aromatic heterocycles. The van der Waals surface area contributed by atoms with E-state index < -0.39 is 0 Å². The van der Waals surface area contributed by atoms with E-state index in [4.69, 9.17) is 11.3 Å². The van der Waals surface area contributed by atoms with Gasteiger partial charge >= 0.3 is 0 Å². The molecule has 0 bridgehead atoms. The topological polar surface area (TPSA) is 74.8 Å². The van der Waals surface area contributed by atoms with E-state index in [0.29, 0.717) is 19.5 Å². The SMILES string of the molecule is [N-]=[N+]=NCCC#Cc1ccc(CN)cc1. The molecule has 0 aliphatic heterocycles. The largest absolute Gasteiger partial charge is 0.326 e. The highest BCUT2D eigenvalue weighted by atomic mass is 15.1. The Morgan fingerprint density at radius 3 is 2.67 bits per heavy atom. The van der Waals surface area contributed by atoms with E-state index in [9.17, 15) is 0 Å². The molecule has 1 aromatic carbocycles. The van der Waals surface area contributed by atoms with Crippen LogP contribution >= 0.6 is 0 Å². The number of benzene rings is 1. The van der Waals surface area contributed by atoms with Crippen LogP contribution in [0, 0.1) is 11.8 Å². The molecule has 0 unspecified atom stereocenters. The number of nitrogens with zero attached hydrogens (tertiary/aromatic N) is 3. The Bertz CT molecular complexity index is 404. The highest BCUT2D eigenvalue weighted by molar-refractivity contribution is 5.36. The molecular formula is C11H12N4. The Morgan fingerprint density at radius 1 is 1.33 bits per heavy atom. The first-order valence-electron chi connectivity index (χ1n) is 4.65. The van der Waals surface area contributed by atoms with Crippen molar-refractivity contribution in [1.29, 1.82) is 0 Å². The maximum atomic E-state index is 8.04. The Morgan fingerprint density at radius 2 is 2.07 bits per heavy atom. The van der Waals surface area contributed by atoms with Crippen molar-refractivity contribution in [3.05, 3.63) is 45.8 Å². The third kappa shape index (κ3) is 4.19. The fourth-order valence-corrected chi connectivity index (χ4v) is 1.04. The monoisotopic (exact) mass is 200 g/mol. The first kappa shape index (κ1) is 11.1. The van der Waals surface area contributed by atoms with Crippen molar-refractivity contribution in [1.82, 2.24) is 0 Å². The third-order valence-corrected chi connectivity index (χ3v) is 1.82. The van der Waals surface area contributed by atoms with Crippen LogP contribution in [0.25, 0.3) is 10.4 Å². The number of hydrogen-bond acceptors (Lipinski definition) is 2. The highest BCUT2D eigenvalue weighted by Crippen LogP contribution is 2.01. The minimum absolute atomic E-state index is 0.421. The van der Waals surface area contributed by atoms with Crippen LogP contribution < -0.4 is 5.73 Å². The second-order valence-electron chi connectivity index (χ2n) is 2.91. The van der Waals surface area contributed by atoms with Gasteiger partial charge in [-0.2, -0.15) is 0 Å². The van der Waals surface area contributed by atoms with E-state index in [1.165, 1.54) is 0 Å². The maximum Gasteiger partial charge on any atom is 0.0367 e. The molecule has 76 valence electrons. The molecule has 0 fully saturated rings. The van der Waals surface area contributed by atoms with Crippen molar-refractivity contribution in [2.75, 3.05) is 6.54 Å². The van der Waals surface area contributed by atoms with Crippen LogP contribution in [0.2, 0.25) is 0 Å². The van der Waals surface area contributed by atoms with E-state index in [0.717, 1.165) is 11.1 Å². The van der Waals surface area contributed by atoms with Crippen molar-refractivity contribution in [2.45, 2.75) is 13.0 Å². The molecule has 0 heterocycles. The molecule has 1 rings (SSSR count). The summed E-state index contributed by atoms with van der Waals surface area (Å²) in [6, 6.07) is 7.78. The molecule has 4 heteroatoms. The minimum atomic E-state index is 0.421. The Labute approximate surface area is 88.7 Å². The van der Waals surface area contributed by atoms with Crippen LogP contribution in [0.1, 0.15) is 17.5 Å². The zero-order chi connectivity index (χ0) is 10.9. The van der Waals surface area contributed by atoms with Crippen molar-refractivity contribution < 1.29 is 0 Å². The summed E-state index contributed by atoms with van der Waals surface area (Å²) >= 11 is 0. The molecule has 0 saturated carbocycles. The average molecular weight is 200 g/mol. The molecule has 0 aliphatic carbocycles. The molecule has 0 spiro atoms. The molecule has 0 atom stereocenters. The molecular weight excluding hydrogens is 188 g/mol. The summed E-state index contributed by atoms with van der Waals surface area (Å²) in [4.78, 5) is 2.65. The fourth-order valence-electron chi connectivity index (χ4n) is 1.04. The number of azide groups is 1. The lowest BCUT2D eigenvalue weighted by Gasteiger charge is -1.94. The van der Waals surface area contributed by atoms with Gasteiger partial charge in [0.05, 0.1) is 0 Å². The average Bonchev–Trinajstić information content (AvgIpc) is 2.30. The van der Waals surface area contributed by atoms with Crippen molar-refractivity contribution in [3.8, 4) is 11.8 Å². The lowest BCUT2D eigenvalue weighted by Crippen LogP contribution is -1.95. The Balaban J connectivity index is 2.52.